The van der Waals surface area contributed by atoms with Crippen LogP contribution < -0.4 is 19.5 Å². The van der Waals surface area contributed by atoms with Gasteiger partial charge in [0.15, 0.2) is 11.5 Å². The summed E-state index contributed by atoms with van der Waals surface area (Å²) >= 11 is 1.55. The van der Waals surface area contributed by atoms with Gasteiger partial charge in [0.25, 0.3) is 5.91 Å². The molecule has 2 heterocycles. The summed E-state index contributed by atoms with van der Waals surface area (Å²) in [6, 6.07) is 3.31. The van der Waals surface area contributed by atoms with Crippen LogP contribution in [-0.2, 0) is 11.2 Å². The Morgan fingerprint density at radius 2 is 1.80 bits per heavy atom. The van der Waals surface area contributed by atoms with Gasteiger partial charge in [-0.2, -0.15) is 0 Å². The van der Waals surface area contributed by atoms with Crippen molar-refractivity contribution >= 4 is 23.2 Å². The fraction of sp³-hybridized carbons (Fsp3) is 0.476. The van der Waals surface area contributed by atoms with Crippen LogP contribution in [-0.4, -0.2) is 62.7 Å². The average Bonchev–Trinajstić information content (AvgIpc) is 3.31. The topological polar surface area (TPSA) is 90.0 Å². The first-order chi connectivity index (χ1) is 14.6. The maximum atomic E-state index is 13.0. The monoisotopic (exact) mass is 433 g/mol. The van der Waals surface area contributed by atoms with E-state index in [1.807, 2.05) is 5.38 Å². The fourth-order valence-electron chi connectivity index (χ4n) is 3.55. The van der Waals surface area contributed by atoms with E-state index >= 15 is 0 Å². The Hall–Kier alpha value is -2.81. The lowest BCUT2D eigenvalue weighted by molar-refractivity contribution is -0.126. The van der Waals surface area contributed by atoms with Gasteiger partial charge in [-0.15, -0.1) is 11.3 Å². The Kier molecular flexibility index (Phi) is 7.51. The highest BCUT2D eigenvalue weighted by Gasteiger charge is 2.28. The van der Waals surface area contributed by atoms with Crippen LogP contribution >= 0.6 is 11.3 Å². The molecule has 1 aliphatic rings. The number of carbonyl (C=O) groups is 2. The molecule has 2 amide bonds. The maximum absolute atomic E-state index is 13.0. The van der Waals surface area contributed by atoms with Gasteiger partial charge in [0, 0.05) is 42.9 Å². The van der Waals surface area contributed by atoms with Gasteiger partial charge in [-0.05, 0) is 25.0 Å². The molecule has 1 aliphatic heterocycles. The van der Waals surface area contributed by atoms with Gasteiger partial charge in [-0.3, -0.25) is 9.59 Å². The van der Waals surface area contributed by atoms with E-state index in [-0.39, 0.29) is 17.7 Å². The number of nitrogens with zero attached hydrogens (tertiary/aromatic N) is 2. The molecular weight excluding hydrogens is 406 g/mol. The van der Waals surface area contributed by atoms with Crippen LogP contribution in [0.15, 0.2) is 23.0 Å². The molecule has 0 atom stereocenters. The van der Waals surface area contributed by atoms with Gasteiger partial charge >= 0.3 is 0 Å². The number of amides is 2. The van der Waals surface area contributed by atoms with Crippen molar-refractivity contribution in [2.75, 3.05) is 41.0 Å². The summed E-state index contributed by atoms with van der Waals surface area (Å²) in [4.78, 5) is 31.4. The molecule has 1 fully saturated rings. The van der Waals surface area contributed by atoms with Crippen LogP contribution in [0.3, 0.4) is 0 Å². The third kappa shape index (κ3) is 5.02. The molecule has 0 spiro atoms. The van der Waals surface area contributed by atoms with Crippen molar-refractivity contribution in [2.45, 2.75) is 19.3 Å². The first-order valence-electron chi connectivity index (χ1n) is 9.81. The van der Waals surface area contributed by atoms with Gasteiger partial charge in [-0.25, -0.2) is 4.98 Å². The van der Waals surface area contributed by atoms with Crippen LogP contribution in [0.25, 0.3) is 0 Å². The molecule has 1 aromatic heterocycles. The molecule has 0 aliphatic carbocycles. The Morgan fingerprint density at radius 3 is 2.33 bits per heavy atom. The third-order valence-corrected chi connectivity index (χ3v) is 5.86. The van der Waals surface area contributed by atoms with E-state index in [9.17, 15) is 9.59 Å². The molecule has 3 rings (SSSR count). The molecule has 8 nitrogen and oxygen atoms in total. The molecule has 0 bridgehead atoms. The summed E-state index contributed by atoms with van der Waals surface area (Å²) in [5.41, 5.74) is 3.25. The summed E-state index contributed by atoms with van der Waals surface area (Å²) in [7, 11) is 4.56. The van der Waals surface area contributed by atoms with Crippen molar-refractivity contribution in [3.05, 3.63) is 34.3 Å². The normalized spacial score (nSPS) is 14.3. The Balaban J connectivity index is 1.55. The highest BCUT2D eigenvalue weighted by molar-refractivity contribution is 7.07. The Morgan fingerprint density at radius 1 is 1.13 bits per heavy atom. The number of benzene rings is 1. The van der Waals surface area contributed by atoms with E-state index in [0.717, 1.165) is 12.1 Å². The second-order valence-electron chi connectivity index (χ2n) is 7.00. The first kappa shape index (κ1) is 21.9. The molecule has 1 N–H and O–H groups in total. The van der Waals surface area contributed by atoms with Crippen LogP contribution in [0.2, 0.25) is 0 Å². The lowest BCUT2D eigenvalue weighted by Crippen LogP contribution is -2.43. The number of carbonyl (C=O) groups excluding carboxylic acids is 2. The number of likely N-dealkylation sites (tertiary alicyclic amines) is 1. The summed E-state index contributed by atoms with van der Waals surface area (Å²) in [6.45, 7) is 1.63. The second kappa shape index (κ2) is 10.3. The molecular formula is C21H27N3O5S. The molecule has 9 heteroatoms. The molecule has 1 aromatic carbocycles. The molecule has 0 unspecified atom stereocenters. The van der Waals surface area contributed by atoms with Crippen LogP contribution in [0.5, 0.6) is 17.2 Å². The lowest BCUT2D eigenvalue weighted by Gasteiger charge is -2.31. The van der Waals surface area contributed by atoms with E-state index in [4.69, 9.17) is 14.2 Å². The minimum Gasteiger partial charge on any atom is -0.493 e. The smallest absolute Gasteiger partial charge is 0.254 e. The van der Waals surface area contributed by atoms with Gasteiger partial charge < -0.3 is 24.4 Å². The van der Waals surface area contributed by atoms with E-state index in [0.29, 0.717) is 55.3 Å². The Bertz CT molecular complexity index is 839. The zero-order chi connectivity index (χ0) is 21.5. The number of ether oxygens (including phenoxy) is 3. The molecule has 0 saturated carbocycles. The van der Waals surface area contributed by atoms with Gasteiger partial charge in [-0.1, -0.05) is 0 Å². The van der Waals surface area contributed by atoms with Crippen molar-refractivity contribution < 1.29 is 23.8 Å². The number of aromatic nitrogens is 1. The number of nitrogens with one attached hydrogen (secondary N) is 1. The first-order valence-corrected chi connectivity index (χ1v) is 10.8. The van der Waals surface area contributed by atoms with Crippen LogP contribution in [0.4, 0.5) is 0 Å². The summed E-state index contributed by atoms with van der Waals surface area (Å²) in [5, 5.41) is 4.97. The van der Waals surface area contributed by atoms with Crippen LogP contribution in [0, 0.1) is 5.92 Å². The molecule has 30 heavy (non-hydrogen) atoms. The number of thiazole rings is 1. The zero-order valence-electron chi connectivity index (χ0n) is 17.5. The predicted octanol–water partition coefficient (Wildman–Crippen LogP) is 2.38. The number of hydrogen-bond acceptors (Lipinski definition) is 7. The highest BCUT2D eigenvalue weighted by atomic mass is 32.1. The van der Waals surface area contributed by atoms with E-state index in [1.54, 1.807) is 33.9 Å². The SMILES string of the molecule is COc1cc(C(=O)N2CCC(C(=O)NCCc3cscn3)CC2)cc(OC)c1OC. The van der Waals surface area contributed by atoms with Gasteiger partial charge in [0.1, 0.15) is 0 Å². The fourth-order valence-corrected chi connectivity index (χ4v) is 4.14. The number of methoxy groups -OCH3 is 3. The second-order valence-corrected chi connectivity index (χ2v) is 7.72. The van der Waals surface area contributed by atoms with Gasteiger partial charge in [0.2, 0.25) is 11.7 Å². The summed E-state index contributed by atoms with van der Waals surface area (Å²) in [5.74, 6) is 1.18. The van der Waals surface area contributed by atoms with E-state index < -0.39 is 0 Å². The molecule has 2 aromatic rings. The third-order valence-electron chi connectivity index (χ3n) is 5.23. The Labute approximate surface area is 180 Å². The van der Waals surface area contributed by atoms with Crippen molar-refractivity contribution in [3.8, 4) is 17.2 Å². The van der Waals surface area contributed by atoms with Gasteiger partial charge in [0.05, 0.1) is 32.5 Å². The van der Waals surface area contributed by atoms with E-state index in [2.05, 4.69) is 10.3 Å². The largest absolute Gasteiger partial charge is 0.493 e. The van der Waals surface area contributed by atoms with E-state index in [1.165, 1.54) is 21.3 Å². The average molecular weight is 434 g/mol. The van der Waals surface area contributed by atoms with Crippen molar-refractivity contribution in [1.29, 1.82) is 0 Å². The van der Waals surface area contributed by atoms with Crippen molar-refractivity contribution in [2.24, 2.45) is 5.92 Å². The molecule has 162 valence electrons. The summed E-state index contributed by atoms with van der Waals surface area (Å²) in [6.07, 6.45) is 2.01. The maximum Gasteiger partial charge on any atom is 0.254 e. The molecule has 0 radical (unpaired) electrons. The highest BCUT2D eigenvalue weighted by Crippen LogP contribution is 2.38. The predicted molar refractivity (Wildman–Crippen MR) is 114 cm³/mol. The number of piperidine rings is 1. The number of hydrogen-bond donors (Lipinski definition) is 1. The number of rotatable bonds is 8. The standard InChI is InChI=1S/C21H27N3O5S/c1-27-17-10-15(11-18(28-2)19(17)29-3)21(26)24-8-5-14(6-9-24)20(25)22-7-4-16-12-30-13-23-16/h10-14H,4-9H2,1-3H3,(H,22,25). The molecule has 1 saturated heterocycles. The summed E-state index contributed by atoms with van der Waals surface area (Å²) < 4.78 is 16.0. The van der Waals surface area contributed by atoms with Crippen molar-refractivity contribution in [3.63, 3.8) is 0 Å². The minimum absolute atomic E-state index is 0.0464. The quantitative estimate of drug-likeness (QED) is 0.688. The van der Waals surface area contributed by atoms with Crippen LogP contribution in [0.1, 0.15) is 28.9 Å². The van der Waals surface area contributed by atoms with Crippen molar-refractivity contribution in [1.82, 2.24) is 15.2 Å². The zero-order valence-corrected chi connectivity index (χ0v) is 18.3. The lowest BCUT2D eigenvalue weighted by atomic mass is 9.95. The minimum atomic E-state index is -0.114.